The number of aryl methyl sites for hydroxylation is 2. The zero-order chi connectivity index (χ0) is 24.9. The molecule has 4 aromatic rings. The summed E-state index contributed by atoms with van der Waals surface area (Å²) in [5.41, 5.74) is 8.34. The number of aliphatic hydroxyl groups is 1. The Morgan fingerprint density at radius 2 is 1.69 bits per heavy atom. The Morgan fingerprint density at radius 1 is 1.03 bits per heavy atom. The normalized spacial score (nSPS) is 14.9. The fraction of sp³-hybridized carbons (Fsp3) is 0.160. The molecule has 4 N–H and O–H groups in total. The Hall–Kier alpha value is -4.02. The molecule has 0 radical (unpaired) electrons. The number of imidazole rings is 1. The van der Waals surface area contributed by atoms with Gasteiger partial charge >= 0.3 is 0 Å². The summed E-state index contributed by atoms with van der Waals surface area (Å²) in [7, 11) is 1.98. The van der Waals surface area contributed by atoms with Crippen LogP contribution < -0.4 is 20.5 Å². The molecule has 0 aliphatic carbocycles. The molecule has 1 saturated heterocycles. The van der Waals surface area contributed by atoms with Crippen LogP contribution in [0.4, 0.5) is 10.5 Å². The van der Waals surface area contributed by atoms with Gasteiger partial charge in [0.05, 0.1) is 11.0 Å². The molecule has 2 heterocycles. The number of ether oxygens (including phenoxy) is 2. The third-order valence-corrected chi connectivity index (χ3v) is 5.87. The Labute approximate surface area is 205 Å². The number of amides is 2. The molecule has 2 amide bonds. The number of aliphatic hydroxyl groups excluding tert-OH is 1. The van der Waals surface area contributed by atoms with Crippen molar-refractivity contribution in [3.8, 4) is 17.2 Å². The van der Waals surface area contributed by atoms with Gasteiger partial charge in [-0.05, 0) is 67.2 Å². The van der Waals surface area contributed by atoms with Crippen LogP contribution in [-0.4, -0.2) is 31.2 Å². The van der Waals surface area contributed by atoms with Gasteiger partial charge in [-0.3, -0.25) is 14.9 Å². The van der Waals surface area contributed by atoms with Crippen LogP contribution in [0.2, 0.25) is 0 Å². The molecule has 180 valence electrons. The highest BCUT2D eigenvalue weighted by molar-refractivity contribution is 8.15. The molecule has 35 heavy (non-hydrogen) atoms. The molecule has 1 atom stereocenters. The second-order valence-electron chi connectivity index (χ2n) is 7.76. The van der Waals surface area contributed by atoms with Gasteiger partial charge in [-0.1, -0.05) is 17.7 Å². The van der Waals surface area contributed by atoms with E-state index in [-0.39, 0.29) is 0 Å². The van der Waals surface area contributed by atoms with Crippen LogP contribution in [0.5, 0.6) is 17.2 Å². The quantitative estimate of drug-likeness (QED) is 0.355. The lowest BCUT2D eigenvalue weighted by molar-refractivity contribution is -0.123. The van der Waals surface area contributed by atoms with Gasteiger partial charge in [0.15, 0.2) is 5.44 Å². The number of nitrogens with one attached hydrogen (secondary N) is 1. The van der Waals surface area contributed by atoms with Crippen LogP contribution in [0.25, 0.3) is 11.0 Å². The zero-order valence-electron chi connectivity index (χ0n) is 19.1. The first-order valence-electron chi connectivity index (χ1n) is 10.7. The van der Waals surface area contributed by atoms with Gasteiger partial charge in [0.1, 0.15) is 29.7 Å². The monoisotopic (exact) mass is 492 g/mol. The highest BCUT2D eigenvalue weighted by atomic mass is 32.2. The highest BCUT2D eigenvalue weighted by Crippen LogP contribution is 2.27. The van der Waals surface area contributed by atoms with Gasteiger partial charge in [-0.15, -0.1) is 0 Å². The first-order chi connectivity index (χ1) is 16.8. The van der Waals surface area contributed by atoms with Crippen molar-refractivity contribution in [3.05, 3.63) is 78.1 Å². The summed E-state index contributed by atoms with van der Waals surface area (Å²) in [5, 5.41) is 9.92. The predicted octanol–water partition coefficient (Wildman–Crippen LogP) is 4.12. The third-order valence-electron chi connectivity index (χ3n) is 5.12. The largest absolute Gasteiger partial charge is 0.486 e. The molecule has 5 rings (SSSR count). The predicted molar refractivity (Wildman–Crippen MR) is 134 cm³/mol. The lowest BCUT2D eigenvalue weighted by Crippen LogP contribution is -2.23. The van der Waals surface area contributed by atoms with E-state index in [2.05, 4.69) is 11.9 Å². The van der Waals surface area contributed by atoms with Gasteiger partial charge in [-0.2, -0.15) is 0 Å². The van der Waals surface area contributed by atoms with Crippen LogP contribution in [0, 0.1) is 6.92 Å². The van der Waals surface area contributed by atoms with Crippen LogP contribution in [0.1, 0.15) is 11.4 Å². The molecule has 9 nitrogen and oxygen atoms in total. The van der Waals surface area contributed by atoms with Crippen molar-refractivity contribution in [1.82, 2.24) is 14.9 Å². The van der Waals surface area contributed by atoms with Gasteiger partial charge in [0.2, 0.25) is 0 Å². The molecular formula is C25H24N4O5S. The Kier molecular flexibility index (Phi) is 7.23. The molecule has 0 unspecified atom stereocenters. The summed E-state index contributed by atoms with van der Waals surface area (Å²) < 4.78 is 13.8. The number of nitrogens with zero attached hydrogens (tertiary/aromatic N) is 2. The van der Waals surface area contributed by atoms with E-state index in [1.165, 1.54) is 5.56 Å². The summed E-state index contributed by atoms with van der Waals surface area (Å²) >= 11 is 0.584. The fourth-order valence-corrected chi connectivity index (χ4v) is 3.74. The first kappa shape index (κ1) is 24.1. The minimum absolute atomic E-state index is 0.405. The first-order valence-corrected chi connectivity index (χ1v) is 11.5. The second-order valence-corrected chi connectivity index (χ2v) is 8.81. The molecule has 1 aliphatic heterocycles. The standard InChI is InChI=1S/C22H21N3O2.C3H3NO3S/c1-15-3-7-17(8-4-15)26-14-22-24-20-12-11-19(13-21(20)25(22)2)27-18-9-5-16(23)6-10-18;5-1-2(6)8-3(7)4-1/h3-13H,14,23H2,1-2H3;2,6H,(H,4,5,7)/t;2-/m.1/s1. The number of anilines is 1. The minimum atomic E-state index is -1.19. The fourth-order valence-electron chi connectivity index (χ4n) is 3.21. The number of aromatic nitrogens is 2. The molecule has 1 aromatic heterocycles. The van der Waals surface area contributed by atoms with Gasteiger partial charge in [0.25, 0.3) is 11.1 Å². The number of nitrogen functional groups attached to an aromatic ring is 1. The SMILES string of the molecule is Cc1ccc(OCc2nc3ccc(Oc4ccc(N)cc4)cc3n2C)cc1.O=C1NC(=O)[C@H](O)S1. The summed E-state index contributed by atoms with van der Waals surface area (Å²) in [5.74, 6) is 2.56. The zero-order valence-corrected chi connectivity index (χ0v) is 19.9. The molecule has 3 aromatic carbocycles. The second kappa shape index (κ2) is 10.5. The number of nitrogens with two attached hydrogens (primary N) is 1. The summed E-state index contributed by atoms with van der Waals surface area (Å²) in [6.07, 6.45) is 0. The number of carbonyl (C=O) groups is 2. The van der Waals surface area contributed by atoms with E-state index in [0.29, 0.717) is 24.1 Å². The van der Waals surface area contributed by atoms with Crippen molar-refractivity contribution in [2.24, 2.45) is 7.05 Å². The maximum absolute atomic E-state index is 10.2. The van der Waals surface area contributed by atoms with E-state index < -0.39 is 16.6 Å². The number of benzene rings is 3. The van der Waals surface area contributed by atoms with E-state index >= 15 is 0 Å². The molecule has 0 spiro atoms. The van der Waals surface area contributed by atoms with Crippen molar-refractivity contribution in [1.29, 1.82) is 0 Å². The van der Waals surface area contributed by atoms with Crippen molar-refractivity contribution >= 4 is 39.6 Å². The Bertz CT molecular complexity index is 1350. The van der Waals surface area contributed by atoms with E-state index in [9.17, 15) is 9.59 Å². The maximum Gasteiger partial charge on any atom is 0.288 e. The average Bonchev–Trinajstić information content (AvgIpc) is 3.31. The average molecular weight is 493 g/mol. The van der Waals surface area contributed by atoms with Crippen molar-refractivity contribution in [2.75, 3.05) is 5.73 Å². The number of carbonyl (C=O) groups excluding carboxylic acids is 2. The maximum atomic E-state index is 10.2. The van der Waals surface area contributed by atoms with E-state index in [4.69, 9.17) is 20.3 Å². The number of rotatable bonds is 5. The summed E-state index contributed by atoms with van der Waals surface area (Å²) in [4.78, 5) is 25.0. The molecule has 1 fully saturated rings. The third kappa shape index (κ3) is 6.11. The lowest BCUT2D eigenvalue weighted by Gasteiger charge is -2.07. The smallest absolute Gasteiger partial charge is 0.288 e. The minimum Gasteiger partial charge on any atom is -0.486 e. The molecule has 0 bridgehead atoms. The van der Waals surface area contributed by atoms with Crippen molar-refractivity contribution in [3.63, 3.8) is 0 Å². The number of imide groups is 1. The molecular weight excluding hydrogens is 468 g/mol. The van der Waals surface area contributed by atoms with Crippen LogP contribution >= 0.6 is 11.8 Å². The van der Waals surface area contributed by atoms with Gasteiger partial charge in [0, 0.05) is 18.8 Å². The van der Waals surface area contributed by atoms with E-state index in [1.54, 1.807) is 0 Å². The topological polar surface area (TPSA) is 129 Å². The number of hydrogen-bond acceptors (Lipinski definition) is 8. The van der Waals surface area contributed by atoms with Gasteiger partial charge in [-0.25, -0.2) is 4.98 Å². The lowest BCUT2D eigenvalue weighted by atomic mass is 10.2. The molecule has 1 aliphatic rings. The van der Waals surface area contributed by atoms with Crippen molar-refractivity contribution in [2.45, 2.75) is 19.0 Å². The summed E-state index contributed by atoms with van der Waals surface area (Å²) in [6, 6.07) is 21.2. The van der Waals surface area contributed by atoms with Crippen molar-refractivity contribution < 1.29 is 24.2 Å². The Morgan fingerprint density at radius 3 is 2.29 bits per heavy atom. The molecule has 0 saturated carbocycles. The number of hydrogen-bond donors (Lipinski definition) is 3. The van der Waals surface area contributed by atoms with E-state index in [0.717, 1.165) is 34.1 Å². The highest BCUT2D eigenvalue weighted by Gasteiger charge is 2.28. The number of thioether (sulfide) groups is 1. The van der Waals surface area contributed by atoms with Crippen LogP contribution in [-0.2, 0) is 18.4 Å². The Balaban J connectivity index is 0.000000308. The van der Waals surface area contributed by atoms with Gasteiger partial charge < -0.3 is 24.9 Å². The molecule has 10 heteroatoms. The summed E-state index contributed by atoms with van der Waals surface area (Å²) in [6.45, 7) is 2.46. The number of fused-ring (bicyclic) bond motifs is 1. The van der Waals surface area contributed by atoms with Crippen LogP contribution in [0.15, 0.2) is 66.7 Å². The van der Waals surface area contributed by atoms with E-state index in [1.807, 2.05) is 83.7 Å². The van der Waals surface area contributed by atoms with Crippen LogP contribution in [0.3, 0.4) is 0 Å².